The summed E-state index contributed by atoms with van der Waals surface area (Å²) in [5.74, 6) is -0.862. The lowest BCUT2D eigenvalue weighted by Crippen LogP contribution is -2.29. The molecule has 9 nitrogen and oxygen atoms in total. The number of ether oxygens (including phenoxy) is 2. The summed E-state index contributed by atoms with van der Waals surface area (Å²) in [5, 5.41) is 0. The first-order valence-electron chi connectivity index (χ1n) is 17.7. The summed E-state index contributed by atoms with van der Waals surface area (Å²) in [4.78, 5) is 34.6. The highest BCUT2D eigenvalue weighted by Crippen LogP contribution is 2.43. The number of carbonyl (C=O) groups excluding carboxylic acids is 2. The average Bonchev–Trinajstić information content (AvgIpc) is 3.04. The summed E-state index contributed by atoms with van der Waals surface area (Å²) in [7, 11) is -4.37. The molecule has 0 aliphatic carbocycles. The molecule has 0 rings (SSSR count). The van der Waals surface area contributed by atoms with Gasteiger partial charge in [0, 0.05) is 19.4 Å². The highest BCUT2D eigenvalue weighted by atomic mass is 31.2. The second kappa shape index (κ2) is 32.9. The predicted octanol–water partition coefficient (Wildman–Crippen LogP) is 9.21. The number of nitrogens with two attached hydrogens (primary N) is 1. The molecule has 0 heterocycles. The molecule has 0 fully saturated rings. The Bertz CT molecular complexity index is 902. The van der Waals surface area contributed by atoms with E-state index in [1.807, 2.05) is 30.4 Å². The molecule has 0 spiro atoms. The SMILES string of the molecule is CC/C=C/C=C/C=C/C=C/CCCCCCCC(=O)OC[C@@H](COP(=O)(O)OCCN)OC(=O)CCCCCCCCCCCC. The van der Waals surface area contributed by atoms with Gasteiger partial charge in [-0.15, -0.1) is 0 Å². The molecule has 266 valence electrons. The molecule has 1 unspecified atom stereocenters. The Balaban J connectivity index is 4.30. The van der Waals surface area contributed by atoms with Crippen LogP contribution in [-0.2, 0) is 32.7 Å². The summed E-state index contributed by atoms with van der Waals surface area (Å²) >= 11 is 0. The first-order chi connectivity index (χ1) is 22.3. The van der Waals surface area contributed by atoms with Gasteiger partial charge in [0.1, 0.15) is 6.61 Å². The summed E-state index contributed by atoms with van der Waals surface area (Å²) in [6.45, 7) is 3.52. The van der Waals surface area contributed by atoms with Gasteiger partial charge in [-0.05, 0) is 32.1 Å². The van der Waals surface area contributed by atoms with Crippen LogP contribution in [0.1, 0.15) is 136 Å². The average molecular weight is 670 g/mol. The number of hydrogen-bond donors (Lipinski definition) is 2. The topological polar surface area (TPSA) is 134 Å². The number of phosphoric ester groups is 1. The lowest BCUT2D eigenvalue weighted by atomic mass is 10.1. The number of rotatable bonds is 32. The van der Waals surface area contributed by atoms with E-state index in [0.29, 0.717) is 12.8 Å². The fraction of sp³-hybridized carbons (Fsp3) is 0.722. The maximum absolute atomic E-state index is 12.4. The quantitative estimate of drug-likeness (QED) is 0.0311. The molecule has 0 saturated carbocycles. The fourth-order valence-electron chi connectivity index (χ4n) is 4.47. The normalized spacial score (nSPS) is 14.1. The van der Waals surface area contributed by atoms with Crippen molar-refractivity contribution in [3.05, 3.63) is 48.6 Å². The summed E-state index contributed by atoms with van der Waals surface area (Å²) in [6.07, 6.45) is 34.3. The van der Waals surface area contributed by atoms with Gasteiger partial charge in [-0.25, -0.2) is 4.57 Å². The summed E-state index contributed by atoms with van der Waals surface area (Å²) in [6, 6.07) is 0. The van der Waals surface area contributed by atoms with Crippen LogP contribution < -0.4 is 5.73 Å². The molecule has 10 heteroatoms. The van der Waals surface area contributed by atoms with Crippen molar-refractivity contribution in [1.29, 1.82) is 0 Å². The van der Waals surface area contributed by atoms with E-state index < -0.39 is 32.5 Å². The monoisotopic (exact) mass is 669 g/mol. The Kier molecular flexibility index (Phi) is 31.4. The van der Waals surface area contributed by atoms with Crippen molar-refractivity contribution in [1.82, 2.24) is 0 Å². The van der Waals surface area contributed by atoms with Crippen LogP contribution in [0.3, 0.4) is 0 Å². The van der Waals surface area contributed by atoms with Gasteiger partial charge in [0.15, 0.2) is 6.10 Å². The van der Waals surface area contributed by atoms with Crippen molar-refractivity contribution in [2.45, 2.75) is 142 Å². The second-order valence-corrected chi connectivity index (χ2v) is 12.9. The van der Waals surface area contributed by atoms with Crippen LogP contribution in [-0.4, -0.2) is 49.3 Å². The van der Waals surface area contributed by atoms with Gasteiger partial charge in [-0.3, -0.25) is 18.6 Å². The van der Waals surface area contributed by atoms with E-state index in [4.69, 9.17) is 24.3 Å². The fourth-order valence-corrected chi connectivity index (χ4v) is 5.23. The Morgan fingerprint density at radius 1 is 0.674 bits per heavy atom. The van der Waals surface area contributed by atoms with Crippen molar-refractivity contribution >= 4 is 19.8 Å². The smallest absolute Gasteiger partial charge is 0.462 e. The highest BCUT2D eigenvalue weighted by Gasteiger charge is 2.25. The Labute approximate surface area is 279 Å². The molecule has 0 saturated heterocycles. The third-order valence-electron chi connectivity index (χ3n) is 7.07. The lowest BCUT2D eigenvalue weighted by molar-refractivity contribution is -0.161. The maximum atomic E-state index is 12.4. The molecular weight excluding hydrogens is 605 g/mol. The molecule has 0 aromatic rings. The molecule has 3 N–H and O–H groups in total. The van der Waals surface area contributed by atoms with Crippen molar-refractivity contribution in [3.8, 4) is 0 Å². The number of esters is 2. The number of carbonyl (C=O) groups is 2. The van der Waals surface area contributed by atoms with Gasteiger partial charge in [0.25, 0.3) is 0 Å². The van der Waals surface area contributed by atoms with Crippen LogP contribution in [0.4, 0.5) is 0 Å². The zero-order valence-electron chi connectivity index (χ0n) is 28.8. The van der Waals surface area contributed by atoms with Crippen LogP contribution in [0.2, 0.25) is 0 Å². The molecule has 0 bridgehead atoms. The molecule has 0 aromatic carbocycles. The summed E-state index contributed by atoms with van der Waals surface area (Å²) < 4.78 is 32.5. The summed E-state index contributed by atoms with van der Waals surface area (Å²) in [5.41, 5.74) is 5.32. The van der Waals surface area contributed by atoms with E-state index in [0.717, 1.165) is 57.8 Å². The molecule has 46 heavy (non-hydrogen) atoms. The zero-order valence-corrected chi connectivity index (χ0v) is 29.7. The van der Waals surface area contributed by atoms with Gasteiger partial charge in [0.2, 0.25) is 0 Å². The lowest BCUT2D eigenvalue weighted by Gasteiger charge is -2.19. The number of phosphoric acid groups is 1. The zero-order chi connectivity index (χ0) is 34.0. The van der Waals surface area contributed by atoms with Gasteiger partial charge in [-0.1, -0.05) is 140 Å². The first-order valence-corrected chi connectivity index (χ1v) is 19.2. The van der Waals surface area contributed by atoms with E-state index in [-0.39, 0.29) is 32.6 Å². The Morgan fingerprint density at radius 2 is 1.20 bits per heavy atom. The second-order valence-electron chi connectivity index (χ2n) is 11.5. The number of hydrogen-bond acceptors (Lipinski definition) is 8. The number of unbranched alkanes of at least 4 members (excludes halogenated alkanes) is 14. The van der Waals surface area contributed by atoms with Crippen LogP contribution in [0.5, 0.6) is 0 Å². The van der Waals surface area contributed by atoms with Gasteiger partial charge < -0.3 is 20.1 Å². The molecule has 2 atom stereocenters. The van der Waals surface area contributed by atoms with E-state index in [1.165, 1.54) is 38.5 Å². The molecule has 0 aliphatic heterocycles. The van der Waals surface area contributed by atoms with Crippen LogP contribution in [0.25, 0.3) is 0 Å². The molecular formula is C36H64NO8P. The third kappa shape index (κ3) is 31.9. The molecule has 0 aromatic heterocycles. The van der Waals surface area contributed by atoms with Crippen molar-refractivity contribution in [3.63, 3.8) is 0 Å². The minimum atomic E-state index is -4.37. The van der Waals surface area contributed by atoms with Gasteiger partial charge >= 0.3 is 19.8 Å². The van der Waals surface area contributed by atoms with Crippen molar-refractivity contribution in [2.75, 3.05) is 26.4 Å². The highest BCUT2D eigenvalue weighted by molar-refractivity contribution is 7.47. The van der Waals surface area contributed by atoms with Crippen LogP contribution >= 0.6 is 7.82 Å². The van der Waals surface area contributed by atoms with Crippen LogP contribution in [0, 0.1) is 0 Å². The standard InChI is InChI=1S/C36H64NO8P/c1-3-5-7-9-11-13-15-16-17-18-19-21-22-24-26-28-35(38)42-32-34(33-44-46(40,41)43-31-30-37)45-36(39)29-27-25-23-20-14-12-10-8-6-4-2/h5,7,9,11,13,15-17,34H,3-4,6,8,10,12,14,18-33,37H2,1-2H3,(H,40,41)/b7-5+,11-9+,15-13+,17-16+/t34-/m0/s1. The van der Waals surface area contributed by atoms with Crippen molar-refractivity contribution < 1.29 is 37.6 Å². The van der Waals surface area contributed by atoms with E-state index >= 15 is 0 Å². The van der Waals surface area contributed by atoms with E-state index in [9.17, 15) is 19.0 Å². The molecule has 0 radical (unpaired) electrons. The Hall–Kier alpha value is -2.03. The van der Waals surface area contributed by atoms with Crippen LogP contribution in [0.15, 0.2) is 48.6 Å². The Morgan fingerprint density at radius 3 is 1.78 bits per heavy atom. The van der Waals surface area contributed by atoms with E-state index in [2.05, 4.69) is 32.1 Å². The van der Waals surface area contributed by atoms with Crippen molar-refractivity contribution in [2.24, 2.45) is 5.73 Å². The largest absolute Gasteiger partial charge is 0.472 e. The maximum Gasteiger partial charge on any atom is 0.472 e. The van der Waals surface area contributed by atoms with Gasteiger partial charge in [0.05, 0.1) is 13.2 Å². The van der Waals surface area contributed by atoms with E-state index in [1.54, 1.807) is 0 Å². The number of allylic oxidation sites excluding steroid dienone is 8. The third-order valence-corrected chi connectivity index (χ3v) is 8.06. The van der Waals surface area contributed by atoms with Gasteiger partial charge in [-0.2, -0.15) is 0 Å². The molecule has 0 amide bonds. The minimum absolute atomic E-state index is 0.0487. The first kappa shape index (κ1) is 44.0. The minimum Gasteiger partial charge on any atom is -0.462 e. The molecule has 0 aliphatic rings. The predicted molar refractivity (Wildman–Crippen MR) is 187 cm³/mol.